The van der Waals surface area contributed by atoms with Gasteiger partial charge in [-0.3, -0.25) is 9.67 Å². The number of rotatable bonds is 3. The van der Waals surface area contributed by atoms with E-state index in [2.05, 4.69) is 55.2 Å². The monoisotopic (exact) mass is 247 g/mol. The van der Waals surface area contributed by atoms with Crippen molar-refractivity contribution >= 4 is 12.2 Å². The van der Waals surface area contributed by atoms with Gasteiger partial charge in [-0.2, -0.15) is 5.10 Å². The smallest absolute Gasteiger partial charge is 0.195 e. The highest BCUT2D eigenvalue weighted by atomic mass is 32.1. The molecule has 0 amide bonds. The molecule has 90 valence electrons. The van der Waals surface area contributed by atoms with Crippen LogP contribution in [0.2, 0.25) is 0 Å². The average Bonchev–Trinajstić information content (AvgIpc) is 2.71. The van der Waals surface area contributed by atoms with Crippen LogP contribution in [0.3, 0.4) is 0 Å². The fourth-order valence-corrected chi connectivity index (χ4v) is 2.22. The van der Waals surface area contributed by atoms with Crippen LogP contribution < -0.4 is 0 Å². The number of benzene rings is 1. The van der Waals surface area contributed by atoms with Gasteiger partial charge in [-0.1, -0.05) is 31.2 Å². The van der Waals surface area contributed by atoms with E-state index in [9.17, 15) is 0 Å². The van der Waals surface area contributed by atoms with E-state index in [1.807, 2.05) is 4.57 Å². The fourth-order valence-electron chi connectivity index (χ4n) is 1.88. The topological polar surface area (TPSA) is 33.6 Å². The lowest BCUT2D eigenvalue weighted by Gasteiger charge is -2.10. The summed E-state index contributed by atoms with van der Waals surface area (Å²) in [6.07, 6.45) is 1.05. The van der Waals surface area contributed by atoms with Crippen LogP contribution in [0.5, 0.6) is 0 Å². The summed E-state index contributed by atoms with van der Waals surface area (Å²) in [6, 6.07) is 8.78. The summed E-state index contributed by atoms with van der Waals surface area (Å²) in [5.41, 5.74) is 2.43. The Morgan fingerprint density at radius 1 is 1.29 bits per heavy atom. The van der Waals surface area contributed by atoms with Gasteiger partial charge in [-0.05, 0) is 38.0 Å². The molecule has 0 radical (unpaired) electrons. The number of H-pyrrole nitrogens is 1. The van der Waals surface area contributed by atoms with Crippen molar-refractivity contribution in [2.45, 2.75) is 33.2 Å². The Hall–Kier alpha value is -1.42. The van der Waals surface area contributed by atoms with Gasteiger partial charge in [0, 0.05) is 11.6 Å². The first kappa shape index (κ1) is 12.0. The van der Waals surface area contributed by atoms with Gasteiger partial charge in [0.05, 0.1) is 0 Å². The molecule has 0 aliphatic carbocycles. The normalized spacial score (nSPS) is 11.1. The van der Waals surface area contributed by atoms with Gasteiger partial charge < -0.3 is 0 Å². The molecule has 0 bridgehead atoms. The van der Waals surface area contributed by atoms with Crippen LogP contribution in [0.15, 0.2) is 24.3 Å². The summed E-state index contributed by atoms with van der Waals surface area (Å²) < 4.78 is 2.71. The number of hydrogen-bond acceptors (Lipinski definition) is 2. The highest BCUT2D eigenvalue weighted by Crippen LogP contribution is 2.21. The summed E-state index contributed by atoms with van der Waals surface area (Å²) >= 11 is 5.24. The Labute approximate surface area is 106 Å². The van der Waals surface area contributed by atoms with Crippen LogP contribution >= 0.6 is 12.2 Å². The number of nitrogens with zero attached hydrogens (tertiary/aromatic N) is 2. The molecule has 1 N–H and O–H groups in total. The van der Waals surface area contributed by atoms with Crippen LogP contribution in [0, 0.1) is 4.77 Å². The van der Waals surface area contributed by atoms with Gasteiger partial charge >= 0.3 is 0 Å². The Bertz CT molecular complexity index is 549. The molecule has 4 heteroatoms. The molecule has 1 heterocycles. The van der Waals surface area contributed by atoms with Crippen LogP contribution in [0.4, 0.5) is 0 Å². The third-order valence-corrected chi connectivity index (χ3v) is 3.13. The SMILES string of the molecule is CCc1ccc(-c2n[nH]c(=S)n2C(C)C)cc1. The first-order valence-electron chi connectivity index (χ1n) is 5.89. The quantitative estimate of drug-likeness (QED) is 0.838. The zero-order chi connectivity index (χ0) is 12.4. The second-order valence-electron chi connectivity index (χ2n) is 4.37. The average molecular weight is 247 g/mol. The zero-order valence-electron chi connectivity index (χ0n) is 10.4. The molecule has 0 atom stereocenters. The van der Waals surface area contributed by atoms with Crippen molar-refractivity contribution in [1.82, 2.24) is 14.8 Å². The molecule has 0 fully saturated rings. The molecule has 2 aromatic rings. The lowest BCUT2D eigenvalue weighted by molar-refractivity contribution is 0.597. The molecular weight excluding hydrogens is 230 g/mol. The number of aromatic nitrogens is 3. The minimum Gasteiger partial charge on any atom is -0.298 e. The third-order valence-electron chi connectivity index (χ3n) is 2.84. The largest absolute Gasteiger partial charge is 0.298 e. The van der Waals surface area contributed by atoms with E-state index in [0.717, 1.165) is 17.8 Å². The Morgan fingerprint density at radius 3 is 2.47 bits per heavy atom. The number of nitrogens with one attached hydrogen (secondary N) is 1. The van der Waals surface area contributed by atoms with E-state index in [1.165, 1.54) is 5.56 Å². The maximum Gasteiger partial charge on any atom is 0.195 e. The van der Waals surface area contributed by atoms with E-state index in [-0.39, 0.29) is 0 Å². The molecular formula is C13H17N3S. The highest BCUT2D eigenvalue weighted by Gasteiger charge is 2.10. The van der Waals surface area contributed by atoms with Gasteiger partial charge in [-0.15, -0.1) is 0 Å². The summed E-state index contributed by atoms with van der Waals surface area (Å²) in [5.74, 6) is 0.910. The van der Waals surface area contributed by atoms with E-state index in [0.29, 0.717) is 10.8 Å². The molecule has 3 nitrogen and oxygen atoms in total. The van der Waals surface area contributed by atoms with Crippen LogP contribution in [0.1, 0.15) is 32.4 Å². The minimum atomic E-state index is 0.308. The molecule has 0 aliphatic rings. The fraction of sp³-hybridized carbons (Fsp3) is 0.385. The van der Waals surface area contributed by atoms with Crippen molar-refractivity contribution < 1.29 is 0 Å². The maximum atomic E-state index is 5.24. The van der Waals surface area contributed by atoms with Gasteiger partial charge in [0.25, 0.3) is 0 Å². The minimum absolute atomic E-state index is 0.308. The summed E-state index contributed by atoms with van der Waals surface area (Å²) in [7, 11) is 0. The second kappa shape index (κ2) is 4.84. The molecule has 1 aromatic carbocycles. The molecule has 0 spiro atoms. The number of hydrogen-bond donors (Lipinski definition) is 1. The summed E-state index contributed by atoms with van der Waals surface area (Å²) in [6.45, 7) is 6.36. The lowest BCUT2D eigenvalue weighted by atomic mass is 10.1. The third kappa shape index (κ3) is 2.31. The molecule has 0 saturated heterocycles. The highest BCUT2D eigenvalue weighted by molar-refractivity contribution is 7.71. The molecule has 0 unspecified atom stereocenters. The molecule has 17 heavy (non-hydrogen) atoms. The van der Waals surface area contributed by atoms with Gasteiger partial charge in [0.1, 0.15) is 0 Å². The van der Waals surface area contributed by atoms with Gasteiger partial charge in [0.15, 0.2) is 10.6 Å². The van der Waals surface area contributed by atoms with E-state index in [1.54, 1.807) is 0 Å². The first-order chi connectivity index (χ1) is 8.13. The van der Waals surface area contributed by atoms with Crippen LogP contribution in [-0.2, 0) is 6.42 Å². The predicted octanol–water partition coefficient (Wildman–Crippen LogP) is 3.75. The van der Waals surface area contributed by atoms with Crippen molar-refractivity contribution in [2.24, 2.45) is 0 Å². The van der Waals surface area contributed by atoms with Crippen molar-refractivity contribution in [1.29, 1.82) is 0 Å². The van der Waals surface area contributed by atoms with Crippen molar-refractivity contribution in [2.75, 3.05) is 0 Å². The second-order valence-corrected chi connectivity index (χ2v) is 4.75. The molecule has 0 saturated carbocycles. The number of aryl methyl sites for hydroxylation is 1. The predicted molar refractivity (Wildman–Crippen MR) is 72.6 cm³/mol. The molecule has 2 rings (SSSR count). The van der Waals surface area contributed by atoms with Gasteiger partial charge in [-0.25, -0.2) is 0 Å². The number of aromatic amines is 1. The van der Waals surface area contributed by atoms with E-state index < -0.39 is 0 Å². The van der Waals surface area contributed by atoms with Gasteiger partial charge in [0.2, 0.25) is 0 Å². The van der Waals surface area contributed by atoms with E-state index in [4.69, 9.17) is 12.2 Å². The van der Waals surface area contributed by atoms with Crippen molar-refractivity contribution in [3.8, 4) is 11.4 Å². The molecule has 0 aliphatic heterocycles. The Kier molecular flexibility index (Phi) is 3.43. The summed E-state index contributed by atoms with van der Waals surface area (Å²) in [4.78, 5) is 0. The zero-order valence-corrected chi connectivity index (χ0v) is 11.2. The van der Waals surface area contributed by atoms with Crippen molar-refractivity contribution in [3.63, 3.8) is 0 Å². The lowest BCUT2D eigenvalue weighted by Crippen LogP contribution is -2.03. The van der Waals surface area contributed by atoms with Crippen LogP contribution in [-0.4, -0.2) is 14.8 Å². The standard InChI is InChI=1S/C13H17N3S/c1-4-10-5-7-11(8-6-10)12-14-15-13(17)16(12)9(2)3/h5-9H,4H2,1-3H3,(H,15,17). The Balaban J connectivity index is 2.49. The first-order valence-corrected chi connectivity index (χ1v) is 6.30. The van der Waals surface area contributed by atoms with Crippen molar-refractivity contribution in [3.05, 3.63) is 34.6 Å². The van der Waals surface area contributed by atoms with Crippen LogP contribution in [0.25, 0.3) is 11.4 Å². The summed E-state index contributed by atoms with van der Waals surface area (Å²) in [5, 5.41) is 7.17. The molecule has 1 aromatic heterocycles. The maximum absolute atomic E-state index is 5.24. The Morgan fingerprint density at radius 2 is 1.94 bits per heavy atom. The van der Waals surface area contributed by atoms with E-state index >= 15 is 0 Å².